The predicted octanol–water partition coefficient (Wildman–Crippen LogP) is 3.42. The van der Waals surface area contributed by atoms with Crippen molar-refractivity contribution in [2.45, 2.75) is 6.18 Å². The molecule has 0 unspecified atom stereocenters. The molecule has 0 fully saturated rings. The molecule has 1 amide bonds. The fourth-order valence-electron chi connectivity index (χ4n) is 1.86. The summed E-state index contributed by atoms with van der Waals surface area (Å²) in [5.74, 6) is -2.47. The zero-order valence-electron chi connectivity index (χ0n) is 12.2. The van der Waals surface area contributed by atoms with Gasteiger partial charge in [-0.25, -0.2) is 4.79 Å². The van der Waals surface area contributed by atoms with E-state index in [1.807, 2.05) is 0 Å². The Morgan fingerprint density at radius 1 is 1.04 bits per heavy atom. The SMILES string of the molecule is NC(=O)c1ccc(C(F)(F)F)cc1OC(=O)/C=C/c1ccccc1. The third-order valence-corrected chi connectivity index (χ3v) is 3.00. The maximum Gasteiger partial charge on any atom is 0.416 e. The van der Waals surface area contributed by atoms with Crippen LogP contribution in [-0.4, -0.2) is 11.9 Å². The molecule has 0 heterocycles. The number of hydrogen-bond donors (Lipinski definition) is 1. The minimum absolute atomic E-state index is 0.315. The van der Waals surface area contributed by atoms with Crippen LogP contribution in [0.5, 0.6) is 5.75 Å². The van der Waals surface area contributed by atoms with Crippen molar-refractivity contribution in [3.63, 3.8) is 0 Å². The van der Waals surface area contributed by atoms with Gasteiger partial charge < -0.3 is 10.5 Å². The molecule has 7 heteroatoms. The highest BCUT2D eigenvalue weighted by atomic mass is 19.4. The fourth-order valence-corrected chi connectivity index (χ4v) is 1.86. The summed E-state index contributed by atoms with van der Waals surface area (Å²) >= 11 is 0. The van der Waals surface area contributed by atoms with Gasteiger partial charge >= 0.3 is 12.1 Å². The van der Waals surface area contributed by atoms with Crippen LogP contribution in [0.3, 0.4) is 0 Å². The molecule has 0 aliphatic carbocycles. The molecule has 2 aromatic rings. The third-order valence-electron chi connectivity index (χ3n) is 3.00. The molecule has 0 atom stereocenters. The Morgan fingerprint density at radius 3 is 2.29 bits per heavy atom. The molecule has 0 aromatic heterocycles. The van der Waals surface area contributed by atoms with E-state index in [0.29, 0.717) is 17.7 Å². The van der Waals surface area contributed by atoms with Gasteiger partial charge in [-0.05, 0) is 29.8 Å². The van der Waals surface area contributed by atoms with Crippen molar-refractivity contribution < 1.29 is 27.5 Å². The topological polar surface area (TPSA) is 69.4 Å². The van der Waals surface area contributed by atoms with Gasteiger partial charge in [-0.3, -0.25) is 4.79 Å². The highest BCUT2D eigenvalue weighted by Crippen LogP contribution is 2.33. The van der Waals surface area contributed by atoms with Gasteiger partial charge in [0.1, 0.15) is 5.75 Å². The number of carbonyl (C=O) groups excluding carboxylic acids is 2. The molecule has 24 heavy (non-hydrogen) atoms. The Hall–Kier alpha value is -3.09. The summed E-state index contributed by atoms with van der Waals surface area (Å²) in [6, 6.07) is 10.9. The summed E-state index contributed by atoms with van der Waals surface area (Å²) < 4.78 is 43.0. The molecule has 0 aliphatic rings. The summed E-state index contributed by atoms with van der Waals surface area (Å²) in [6.45, 7) is 0. The number of primary amides is 1. The van der Waals surface area contributed by atoms with Crippen LogP contribution < -0.4 is 10.5 Å². The van der Waals surface area contributed by atoms with E-state index >= 15 is 0 Å². The molecule has 2 N–H and O–H groups in total. The second-order valence-electron chi connectivity index (χ2n) is 4.74. The zero-order chi connectivity index (χ0) is 17.7. The van der Waals surface area contributed by atoms with Crippen molar-refractivity contribution in [2.24, 2.45) is 5.73 Å². The number of ether oxygens (including phenoxy) is 1. The van der Waals surface area contributed by atoms with Crippen molar-refractivity contribution >= 4 is 18.0 Å². The number of alkyl halides is 3. The largest absolute Gasteiger partial charge is 0.422 e. The summed E-state index contributed by atoms with van der Waals surface area (Å²) in [4.78, 5) is 23.1. The van der Waals surface area contributed by atoms with Gasteiger partial charge in [0.25, 0.3) is 5.91 Å². The maximum atomic E-state index is 12.7. The Kier molecular flexibility index (Phi) is 5.03. The van der Waals surface area contributed by atoms with Gasteiger partial charge in [0.05, 0.1) is 11.1 Å². The quantitative estimate of drug-likeness (QED) is 0.529. The van der Waals surface area contributed by atoms with Crippen molar-refractivity contribution in [1.29, 1.82) is 0 Å². The summed E-state index contributed by atoms with van der Waals surface area (Å²) in [7, 11) is 0. The van der Waals surface area contributed by atoms with E-state index in [4.69, 9.17) is 10.5 Å². The van der Waals surface area contributed by atoms with E-state index < -0.39 is 29.4 Å². The van der Waals surface area contributed by atoms with Crippen LogP contribution in [-0.2, 0) is 11.0 Å². The fraction of sp³-hybridized carbons (Fsp3) is 0.0588. The molecule has 0 saturated carbocycles. The lowest BCUT2D eigenvalue weighted by atomic mass is 10.1. The van der Waals surface area contributed by atoms with Gasteiger partial charge in [0, 0.05) is 6.08 Å². The van der Waals surface area contributed by atoms with Crippen LogP contribution in [0.1, 0.15) is 21.5 Å². The smallest absolute Gasteiger partial charge is 0.416 e. The number of nitrogens with two attached hydrogens (primary N) is 1. The van der Waals surface area contributed by atoms with E-state index in [-0.39, 0.29) is 5.56 Å². The van der Waals surface area contributed by atoms with E-state index in [9.17, 15) is 22.8 Å². The van der Waals surface area contributed by atoms with Crippen LogP contribution in [0.4, 0.5) is 13.2 Å². The monoisotopic (exact) mass is 335 g/mol. The lowest BCUT2D eigenvalue weighted by Gasteiger charge is -2.11. The van der Waals surface area contributed by atoms with Crippen LogP contribution in [0.2, 0.25) is 0 Å². The second kappa shape index (κ2) is 6.99. The molecule has 2 aromatic carbocycles. The molecule has 4 nitrogen and oxygen atoms in total. The molecule has 0 bridgehead atoms. The van der Waals surface area contributed by atoms with Gasteiger partial charge in [0.15, 0.2) is 0 Å². The minimum Gasteiger partial charge on any atom is -0.422 e. The Labute approximate surface area is 135 Å². The minimum atomic E-state index is -4.64. The summed E-state index contributed by atoms with van der Waals surface area (Å²) in [6.07, 6.45) is -2.17. The normalized spacial score (nSPS) is 11.5. The molecule has 2 rings (SSSR count). The van der Waals surface area contributed by atoms with Crippen LogP contribution in [0.15, 0.2) is 54.6 Å². The summed E-state index contributed by atoms with van der Waals surface area (Å²) in [5.41, 5.74) is 4.42. The average Bonchev–Trinajstić information content (AvgIpc) is 2.53. The highest BCUT2D eigenvalue weighted by Gasteiger charge is 2.32. The first-order chi connectivity index (χ1) is 11.3. The van der Waals surface area contributed by atoms with Crippen LogP contribution in [0, 0.1) is 0 Å². The lowest BCUT2D eigenvalue weighted by Crippen LogP contribution is -2.16. The van der Waals surface area contributed by atoms with Crippen molar-refractivity contribution in [1.82, 2.24) is 0 Å². The van der Waals surface area contributed by atoms with Crippen LogP contribution in [0.25, 0.3) is 6.08 Å². The Balaban J connectivity index is 2.25. The molecule has 0 radical (unpaired) electrons. The number of halogens is 3. The molecular formula is C17H12F3NO3. The lowest BCUT2D eigenvalue weighted by molar-refractivity contribution is -0.138. The first-order valence-electron chi connectivity index (χ1n) is 6.73. The third kappa shape index (κ3) is 4.45. The average molecular weight is 335 g/mol. The van der Waals surface area contributed by atoms with E-state index in [1.165, 1.54) is 6.08 Å². The van der Waals surface area contributed by atoms with Gasteiger partial charge in [-0.15, -0.1) is 0 Å². The van der Waals surface area contributed by atoms with Gasteiger partial charge in [-0.2, -0.15) is 13.2 Å². The standard InChI is InChI=1S/C17H12F3NO3/c18-17(19,20)12-7-8-13(16(21)23)14(10-12)24-15(22)9-6-11-4-2-1-3-5-11/h1-10H,(H2,21,23)/b9-6+. The molecule has 0 saturated heterocycles. The van der Waals surface area contributed by atoms with E-state index in [2.05, 4.69) is 0 Å². The number of esters is 1. The van der Waals surface area contributed by atoms with Gasteiger partial charge in [-0.1, -0.05) is 30.3 Å². The number of hydrogen-bond acceptors (Lipinski definition) is 3. The van der Waals surface area contributed by atoms with Crippen LogP contribution >= 0.6 is 0 Å². The maximum absolute atomic E-state index is 12.7. The molecule has 0 aliphatic heterocycles. The van der Waals surface area contributed by atoms with Crippen molar-refractivity contribution in [3.05, 3.63) is 71.3 Å². The number of benzene rings is 2. The second-order valence-corrected chi connectivity index (χ2v) is 4.74. The molecule has 0 spiro atoms. The van der Waals surface area contributed by atoms with Crippen molar-refractivity contribution in [2.75, 3.05) is 0 Å². The first kappa shape index (κ1) is 17.3. The number of amides is 1. The number of rotatable bonds is 4. The number of carbonyl (C=O) groups is 2. The Bertz CT molecular complexity index is 783. The van der Waals surface area contributed by atoms with Crippen molar-refractivity contribution in [3.8, 4) is 5.75 Å². The summed E-state index contributed by atoms with van der Waals surface area (Å²) in [5, 5.41) is 0. The molecular weight excluding hydrogens is 323 g/mol. The Morgan fingerprint density at radius 2 is 1.71 bits per heavy atom. The van der Waals surface area contributed by atoms with E-state index in [0.717, 1.165) is 12.1 Å². The van der Waals surface area contributed by atoms with E-state index in [1.54, 1.807) is 30.3 Å². The molecule has 124 valence electrons. The first-order valence-corrected chi connectivity index (χ1v) is 6.73. The van der Waals surface area contributed by atoms with Gasteiger partial charge in [0.2, 0.25) is 0 Å². The predicted molar refractivity (Wildman–Crippen MR) is 81.1 cm³/mol. The zero-order valence-corrected chi connectivity index (χ0v) is 12.2. The highest BCUT2D eigenvalue weighted by molar-refractivity contribution is 5.97.